The Morgan fingerprint density at radius 3 is 2.42 bits per heavy atom. The lowest BCUT2D eigenvalue weighted by atomic mass is 10.1. The van der Waals surface area contributed by atoms with E-state index >= 15 is 0 Å². The van der Waals surface area contributed by atoms with Crippen molar-refractivity contribution in [2.45, 2.75) is 38.6 Å². The quantitative estimate of drug-likeness (QED) is 0.864. The van der Waals surface area contributed by atoms with Crippen molar-refractivity contribution in [2.75, 3.05) is 37.6 Å². The first-order chi connectivity index (χ1) is 10.8. The normalized spacial score (nSPS) is 21.3. The first-order valence-corrected chi connectivity index (χ1v) is 8.48. The average molecular weight is 375 g/mol. The topological polar surface area (TPSA) is 48.5 Å². The van der Waals surface area contributed by atoms with E-state index in [0.717, 1.165) is 38.5 Å². The van der Waals surface area contributed by atoms with E-state index in [4.69, 9.17) is 0 Å². The Bertz CT molecular complexity index is 504. The third-order valence-electron chi connectivity index (χ3n) is 4.69. The first-order valence-electron chi connectivity index (χ1n) is 8.48. The molecule has 0 unspecified atom stereocenters. The van der Waals surface area contributed by atoms with Gasteiger partial charge in [0.2, 0.25) is 0 Å². The molecule has 0 radical (unpaired) electrons. The van der Waals surface area contributed by atoms with Crippen LogP contribution in [0.15, 0.2) is 18.3 Å². The maximum Gasteiger partial charge on any atom is 0.255 e. The molecular weight excluding hydrogens is 347 g/mol. The fraction of sp³-hybridized carbons (Fsp3) is 0.647. The van der Waals surface area contributed by atoms with Crippen LogP contribution in [0.25, 0.3) is 0 Å². The summed E-state index contributed by atoms with van der Waals surface area (Å²) in [5, 5.41) is 3.31. The predicted molar refractivity (Wildman–Crippen MR) is 103 cm³/mol. The Balaban J connectivity index is 0.00000144. The molecule has 5 nitrogen and oxygen atoms in total. The number of hydrogen-bond acceptors (Lipinski definition) is 4. The first kappa shape index (κ1) is 21.0. The van der Waals surface area contributed by atoms with Crippen LogP contribution in [0.1, 0.15) is 43.0 Å². The molecule has 0 aromatic carbocycles. The molecule has 7 heteroatoms. The molecule has 3 heterocycles. The number of carbonyl (C=O) groups excluding carboxylic acids is 1. The van der Waals surface area contributed by atoms with Crippen LogP contribution in [0, 0.1) is 0 Å². The van der Waals surface area contributed by atoms with Gasteiger partial charge in [-0.15, -0.1) is 24.8 Å². The lowest BCUT2D eigenvalue weighted by Crippen LogP contribution is -2.52. The Morgan fingerprint density at radius 2 is 1.83 bits per heavy atom. The molecule has 0 spiro atoms. The molecule has 2 saturated heterocycles. The molecule has 0 saturated carbocycles. The van der Waals surface area contributed by atoms with Gasteiger partial charge in [0, 0.05) is 45.0 Å². The second-order valence-electron chi connectivity index (χ2n) is 6.36. The molecular formula is C17H28Cl2N4O. The van der Waals surface area contributed by atoms with Crippen molar-refractivity contribution < 1.29 is 4.79 Å². The molecule has 2 aliphatic heterocycles. The van der Waals surface area contributed by atoms with Crippen LogP contribution in [-0.4, -0.2) is 54.6 Å². The van der Waals surface area contributed by atoms with Crippen LogP contribution < -0.4 is 10.2 Å². The van der Waals surface area contributed by atoms with Crippen molar-refractivity contribution in [3.63, 3.8) is 0 Å². The number of pyridine rings is 1. The highest BCUT2D eigenvalue weighted by Gasteiger charge is 2.24. The van der Waals surface area contributed by atoms with E-state index in [1.54, 1.807) is 6.20 Å². The summed E-state index contributed by atoms with van der Waals surface area (Å²) in [7, 11) is 0. The van der Waals surface area contributed by atoms with E-state index in [-0.39, 0.29) is 36.8 Å². The Morgan fingerprint density at radius 1 is 1.12 bits per heavy atom. The van der Waals surface area contributed by atoms with E-state index in [0.29, 0.717) is 5.56 Å². The smallest absolute Gasteiger partial charge is 0.255 e. The molecule has 3 rings (SSSR count). The standard InChI is InChI=1S/C17H26N4O.2ClH/c1-14-12-18-8-11-21(14)17(22)15-6-7-16(19-13-15)20-9-4-2-3-5-10-20;;/h6-7,13-14,18H,2-5,8-12H2,1H3;2*1H/t14-;;/m1../s1. The summed E-state index contributed by atoms with van der Waals surface area (Å²) >= 11 is 0. The maximum atomic E-state index is 12.6. The van der Waals surface area contributed by atoms with Gasteiger partial charge in [-0.2, -0.15) is 0 Å². The zero-order valence-corrected chi connectivity index (χ0v) is 15.9. The second kappa shape index (κ2) is 10.1. The molecule has 2 fully saturated rings. The van der Waals surface area contributed by atoms with Crippen LogP contribution in [0.3, 0.4) is 0 Å². The number of anilines is 1. The van der Waals surface area contributed by atoms with E-state index < -0.39 is 0 Å². The molecule has 1 aromatic heterocycles. The summed E-state index contributed by atoms with van der Waals surface area (Å²) < 4.78 is 0. The molecule has 2 aliphatic rings. The number of aromatic nitrogens is 1. The van der Waals surface area contributed by atoms with Crippen molar-refractivity contribution in [1.82, 2.24) is 15.2 Å². The maximum absolute atomic E-state index is 12.6. The summed E-state index contributed by atoms with van der Waals surface area (Å²) in [5.41, 5.74) is 0.701. The van der Waals surface area contributed by atoms with E-state index in [2.05, 4.69) is 22.1 Å². The van der Waals surface area contributed by atoms with Gasteiger partial charge in [0.25, 0.3) is 5.91 Å². The van der Waals surface area contributed by atoms with E-state index in [9.17, 15) is 4.79 Å². The zero-order chi connectivity index (χ0) is 15.4. The van der Waals surface area contributed by atoms with Gasteiger partial charge in [-0.05, 0) is 31.9 Å². The van der Waals surface area contributed by atoms with Gasteiger partial charge in [0.1, 0.15) is 5.82 Å². The SMILES string of the molecule is C[C@@H]1CNCCN1C(=O)c1ccc(N2CCCCCC2)nc1.Cl.Cl. The average Bonchev–Trinajstić information content (AvgIpc) is 2.84. The van der Waals surface area contributed by atoms with Crippen LogP contribution >= 0.6 is 24.8 Å². The van der Waals surface area contributed by atoms with Gasteiger partial charge in [-0.25, -0.2) is 4.98 Å². The minimum absolute atomic E-state index is 0. The lowest BCUT2D eigenvalue weighted by molar-refractivity contribution is 0.0655. The molecule has 136 valence electrons. The van der Waals surface area contributed by atoms with Crippen molar-refractivity contribution in [3.8, 4) is 0 Å². The van der Waals surface area contributed by atoms with Gasteiger partial charge in [-0.3, -0.25) is 4.79 Å². The van der Waals surface area contributed by atoms with Crippen molar-refractivity contribution in [1.29, 1.82) is 0 Å². The zero-order valence-electron chi connectivity index (χ0n) is 14.2. The number of rotatable bonds is 2. The second-order valence-corrected chi connectivity index (χ2v) is 6.36. The number of carbonyl (C=O) groups is 1. The van der Waals surface area contributed by atoms with Gasteiger partial charge in [-0.1, -0.05) is 12.8 Å². The van der Waals surface area contributed by atoms with Crippen LogP contribution in [-0.2, 0) is 0 Å². The third kappa shape index (κ3) is 4.98. The van der Waals surface area contributed by atoms with Crippen LogP contribution in [0.5, 0.6) is 0 Å². The number of halogens is 2. The Hall–Kier alpha value is -1.04. The fourth-order valence-corrected chi connectivity index (χ4v) is 3.31. The Kier molecular flexibility index (Phi) is 8.81. The Labute approximate surface area is 157 Å². The van der Waals surface area contributed by atoms with Crippen LogP contribution in [0.4, 0.5) is 5.82 Å². The number of nitrogens with zero attached hydrogens (tertiary/aromatic N) is 3. The number of hydrogen-bond donors (Lipinski definition) is 1. The summed E-state index contributed by atoms with van der Waals surface area (Å²) in [5.74, 6) is 1.11. The van der Waals surface area contributed by atoms with Gasteiger partial charge in [0.15, 0.2) is 0 Å². The molecule has 0 bridgehead atoms. The van der Waals surface area contributed by atoms with Gasteiger partial charge >= 0.3 is 0 Å². The molecule has 1 N–H and O–H groups in total. The summed E-state index contributed by atoms with van der Waals surface area (Å²) in [6.45, 7) is 6.75. The highest BCUT2D eigenvalue weighted by Crippen LogP contribution is 2.18. The van der Waals surface area contributed by atoms with Gasteiger partial charge in [0.05, 0.1) is 5.56 Å². The number of nitrogens with one attached hydrogen (secondary N) is 1. The molecule has 0 aliphatic carbocycles. The van der Waals surface area contributed by atoms with Crippen molar-refractivity contribution in [3.05, 3.63) is 23.9 Å². The fourth-order valence-electron chi connectivity index (χ4n) is 3.31. The monoisotopic (exact) mass is 374 g/mol. The lowest BCUT2D eigenvalue weighted by Gasteiger charge is -2.34. The van der Waals surface area contributed by atoms with Crippen LogP contribution in [0.2, 0.25) is 0 Å². The van der Waals surface area contributed by atoms with Gasteiger partial charge < -0.3 is 15.1 Å². The molecule has 1 atom stereocenters. The summed E-state index contributed by atoms with van der Waals surface area (Å²) in [6.07, 6.45) is 6.85. The highest BCUT2D eigenvalue weighted by atomic mass is 35.5. The molecule has 24 heavy (non-hydrogen) atoms. The predicted octanol–water partition coefficient (Wildman–Crippen LogP) is 2.74. The summed E-state index contributed by atoms with van der Waals surface area (Å²) in [4.78, 5) is 21.4. The minimum atomic E-state index is 0. The number of amides is 1. The largest absolute Gasteiger partial charge is 0.357 e. The summed E-state index contributed by atoms with van der Waals surface area (Å²) in [6, 6.07) is 4.18. The van der Waals surface area contributed by atoms with E-state index in [1.165, 1.54) is 25.7 Å². The van der Waals surface area contributed by atoms with Crippen molar-refractivity contribution >= 4 is 36.5 Å². The van der Waals surface area contributed by atoms with E-state index in [1.807, 2.05) is 17.0 Å². The van der Waals surface area contributed by atoms with Crippen molar-refractivity contribution in [2.24, 2.45) is 0 Å². The third-order valence-corrected chi connectivity index (χ3v) is 4.69. The highest BCUT2D eigenvalue weighted by molar-refractivity contribution is 5.94. The molecule has 1 amide bonds. The minimum Gasteiger partial charge on any atom is -0.357 e. The molecule has 1 aromatic rings. The number of piperazine rings is 1.